The fourth-order valence-electron chi connectivity index (χ4n) is 4.08. The summed E-state index contributed by atoms with van der Waals surface area (Å²) in [7, 11) is 0. The van der Waals surface area contributed by atoms with Crippen molar-refractivity contribution in [1.82, 2.24) is 10.2 Å². The summed E-state index contributed by atoms with van der Waals surface area (Å²) in [5.74, 6) is 0.856. The fourth-order valence-corrected chi connectivity index (χ4v) is 4.08. The van der Waals surface area contributed by atoms with Crippen molar-refractivity contribution in [2.24, 2.45) is 11.1 Å². The maximum Gasteiger partial charge on any atom is 0.253 e. The molecule has 0 aromatic heterocycles. The van der Waals surface area contributed by atoms with Crippen molar-refractivity contribution in [3.8, 4) is 11.5 Å². The maximum atomic E-state index is 12.8. The lowest BCUT2D eigenvalue weighted by Gasteiger charge is -2.38. The predicted molar refractivity (Wildman–Crippen MR) is 114 cm³/mol. The van der Waals surface area contributed by atoms with Crippen LogP contribution in [0.3, 0.4) is 0 Å². The van der Waals surface area contributed by atoms with Crippen molar-refractivity contribution in [3.05, 3.63) is 59.7 Å². The van der Waals surface area contributed by atoms with Gasteiger partial charge >= 0.3 is 0 Å². The van der Waals surface area contributed by atoms with Gasteiger partial charge in [-0.3, -0.25) is 9.59 Å². The number of benzene rings is 2. The van der Waals surface area contributed by atoms with Crippen molar-refractivity contribution in [2.75, 3.05) is 26.2 Å². The number of nitrogens with zero attached hydrogens (tertiary/aromatic N) is 1. The standard InChI is InChI=1S/C22H25N3O3.ClH/c23-20(26)16-1-5-18(6-2-16)28-19-7-3-17(4-8-19)21(27)25-13-10-22(11-14-25)9-12-24-15-22;/h1-8,24H,9-15H2,(H2,23,26);1H. The van der Waals surface area contributed by atoms with E-state index in [1.165, 1.54) is 6.42 Å². The molecule has 0 aliphatic carbocycles. The largest absolute Gasteiger partial charge is 0.457 e. The summed E-state index contributed by atoms with van der Waals surface area (Å²) in [6.07, 6.45) is 3.38. The van der Waals surface area contributed by atoms with E-state index in [-0.39, 0.29) is 18.3 Å². The van der Waals surface area contributed by atoms with E-state index in [1.807, 2.05) is 4.90 Å². The molecule has 3 N–H and O–H groups in total. The Balaban J connectivity index is 0.00000240. The molecule has 0 atom stereocenters. The Morgan fingerprint density at radius 3 is 1.93 bits per heavy atom. The summed E-state index contributed by atoms with van der Waals surface area (Å²) < 4.78 is 5.77. The van der Waals surface area contributed by atoms with Crippen LogP contribution in [0.1, 0.15) is 40.0 Å². The normalized spacial score (nSPS) is 17.6. The van der Waals surface area contributed by atoms with Gasteiger partial charge in [-0.2, -0.15) is 0 Å². The van der Waals surface area contributed by atoms with E-state index in [4.69, 9.17) is 10.5 Å². The van der Waals surface area contributed by atoms with Crippen LogP contribution in [0.2, 0.25) is 0 Å². The lowest BCUT2D eigenvalue weighted by molar-refractivity contribution is 0.0607. The Hall–Kier alpha value is -2.57. The maximum absolute atomic E-state index is 12.8. The smallest absolute Gasteiger partial charge is 0.253 e. The number of nitrogens with one attached hydrogen (secondary N) is 1. The molecule has 4 rings (SSSR count). The highest BCUT2D eigenvalue weighted by Gasteiger charge is 2.38. The van der Waals surface area contributed by atoms with Gasteiger partial charge in [0.1, 0.15) is 11.5 Å². The third-order valence-corrected chi connectivity index (χ3v) is 5.92. The van der Waals surface area contributed by atoms with Crippen LogP contribution in [-0.4, -0.2) is 42.9 Å². The SMILES string of the molecule is Cl.NC(=O)c1ccc(Oc2ccc(C(=O)N3CCC4(CCNC4)CC3)cc2)cc1. The molecule has 2 aromatic carbocycles. The van der Waals surface area contributed by atoms with Gasteiger partial charge in [0.05, 0.1) is 0 Å². The van der Waals surface area contributed by atoms with Gasteiger partial charge in [0, 0.05) is 30.8 Å². The van der Waals surface area contributed by atoms with Gasteiger partial charge in [-0.05, 0) is 79.8 Å². The van der Waals surface area contributed by atoms with E-state index in [0.29, 0.717) is 28.0 Å². The number of amides is 2. The second kappa shape index (κ2) is 8.84. The first-order valence-electron chi connectivity index (χ1n) is 9.73. The molecule has 2 amide bonds. The first kappa shape index (κ1) is 21.1. The Morgan fingerprint density at radius 1 is 0.897 bits per heavy atom. The number of primary amides is 1. The number of ether oxygens (including phenoxy) is 1. The van der Waals surface area contributed by atoms with Crippen molar-refractivity contribution < 1.29 is 14.3 Å². The summed E-state index contributed by atoms with van der Waals surface area (Å²) in [4.78, 5) is 25.9. The molecule has 7 heteroatoms. The van der Waals surface area contributed by atoms with E-state index in [0.717, 1.165) is 39.0 Å². The Morgan fingerprint density at radius 2 is 1.45 bits per heavy atom. The van der Waals surface area contributed by atoms with Gasteiger partial charge in [0.15, 0.2) is 0 Å². The molecule has 2 aliphatic heterocycles. The van der Waals surface area contributed by atoms with Crippen molar-refractivity contribution in [3.63, 3.8) is 0 Å². The van der Waals surface area contributed by atoms with Gasteiger partial charge in [0.25, 0.3) is 5.91 Å². The minimum atomic E-state index is -0.470. The Bertz CT molecular complexity index is 852. The monoisotopic (exact) mass is 415 g/mol. The molecule has 0 unspecified atom stereocenters. The molecule has 6 nitrogen and oxygen atoms in total. The van der Waals surface area contributed by atoms with Gasteiger partial charge in [-0.25, -0.2) is 0 Å². The molecule has 0 radical (unpaired) electrons. The molecule has 1 spiro atoms. The molecular weight excluding hydrogens is 390 g/mol. The van der Waals surface area contributed by atoms with E-state index in [2.05, 4.69) is 5.32 Å². The van der Waals surface area contributed by atoms with Crippen LogP contribution < -0.4 is 15.8 Å². The van der Waals surface area contributed by atoms with E-state index in [9.17, 15) is 9.59 Å². The summed E-state index contributed by atoms with van der Waals surface area (Å²) in [6.45, 7) is 3.83. The topological polar surface area (TPSA) is 84.7 Å². The Kier molecular flexibility index (Phi) is 6.45. The van der Waals surface area contributed by atoms with Crippen LogP contribution in [0.15, 0.2) is 48.5 Å². The molecule has 154 valence electrons. The van der Waals surface area contributed by atoms with Crippen LogP contribution in [0.25, 0.3) is 0 Å². The van der Waals surface area contributed by atoms with Crippen molar-refractivity contribution in [2.45, 2.75) is 19.3 Å². The molecule has 0 bridgehead atoms. The Labute approximate surface area is 176 Å². The zero-order valence-electron chi connectivity index (χ0n) is 16.2. The fraction of sp³-hybridized carbons (Fsp3) is 0.364. The highest BCUT2D eigenvalue weighted by molar-refractivity contribution is 5.94. The van der Waals surface area contributed by atoms with E-state index >= 15 is 0 Å². The van der Waals surface area contributed by atoms with Gasteiger partial charge in [0.2, 0.25) is 5.91 Å². The van der Waals surface area contributed by atoms with Crippen LogP contribution in [0.4, 0.5) is 0 Å². The molecule has 2 aromatic rings. The highest BCUT2D eigenvalue weighted by Crippen LogP contribution is 2.37. The number of carbonyl (C=O) groups is 2. The molecular formula is C22H26ClN3O3. The number of hydrogen-bond acceptors (Lipinski definition) is 4. The second-order valence-corrected chi connectivity index (χ2v) is 7.73. The quantitative estimate of drug-likeness (QED) is 0.802. The second-order valence-electron chi connectivity index (χ2n) is 7.73. The summed E-state index contributed by atoms with van der Waals surface area (Å²) in [5.41, 5.74) is 6.75. The number of nitrogens with two attached hydrogens (primary N) is 1. The summed E-state index contributed by atoms with van der Waals surface area (Å²) >= 11 is 0. The third-order valence-electron chi connectivity index (χ3n) is 5.92. The van der Waals surface area contributed by atoms with Crippen LogP contribution in [0, 0.1) is 5.41 Å². The van der Waals surface area contributed by atoms with Crippen LogP contribution in [-0.2, 0) is 0 Å². The number of piperidine rings is 1. The van der Waals surface area contributed by atoms with Gasteiger partial charge in [-0.15, -0.1) is 12.4 Å². The first-order valence-corrected chi connectivity index (χ1v) is 9.73. The molecule has 2 heterocycles. The number of hydrogen-bond donors (Lipinski definition) is 2. The molecule has 29 heavy (non-hydrogen) atoms. The highest BCUT2D eigenvalue weighted by atomic mass is 35.5. The lowest BCUT2D eigenvalue weighted by Crippen LogP contribution is -2.44. The summed E-state index contributed by atoms with van der Waals surface area (Å²) in [6, 6.07) is 13.8. The van der Waals surface area contributed by atoms with Crippen LogP contribution >= 0.6 is 12.4 Å². The average molecular weight is 416 g/mol. The average Bonchev–Trinajstić information content (AvgIpc) is 3.17. The number of carbonyl (C=O) groups excluding carboxylic acids is 2. The number of halogens is 1. The first-order chi connectivity index (χ1) is 13.5. The molecule has 2 aliphatic rings. The number of rotatable bonds is 4. The molecule has 2 saturated heterocycles. The van der Waals surface area contributed by atoms with Gasteiger partial charge in [-0.1, -0.05) is 0 Å². The summed E-state index contributed by atoms with van der Waals surface area (Å²) in [5, 5.41) is 3.45. The molecule has 0 saturated carbocycles. The zero-order valence-corrected chi connectivity index (χ0v) is 17.0. The zero-order chi connectivity index (χ0) is 19.6. The van der Waals surface area contributed by atoms with E-state index in [1.54, 1.807) is 48.5 Å². The predicted octanol–water partition coefficient (Wildman–Crippen LogP) is 3.22. The van der Waals surface area contributed by atoms with Crippen molar-refractivity contribution >= 4 is 24.2 Å². The molecule has 2 fully saturated rings. The lowest BCUT2D eigenvalue weighted by atomic mass is 9.78. The van der Waals surface area contributed by atoms with E-state index < -0.39 is 5.91 Å². The van der Waals surface area contributed by atoms with Crippen LogP contribution in [0.5, 0.6) is 11.5 Å². The minimum Gasteiger partial charge on any atom is -0.457 e. The number of likely N-dealkylation sites (tertiary alicyclic amines) is 1. The third kappa shape index (κ3) is 4.71. The minimum absolute atomic E-state index is 0. The van der Waals surface area contributed by atoms with Crippen molar-refractivity contribution in [1.29, 1.82) is 0 Å². The van der Waals surface area contributed by atoms with Gasteiger partial charge < -0.3 is 20.7 Å².